The number of ether oxygens (including phenoxy) is 1. The van der Waals surface area contributed by atoms with Gasteiger partial charge in [0.2, 0.25) is 11.8 Å². The average molecular weight is 461 g/mol. The number of esters is 1. The van der Waals surface area contributed by atoms with Gasteiger partial charge in [-0.25, -0.2) is 0 Å². The summed E-state index contributed by atoms with van der Waals surface area (Å²) in [4.78, 5) is 50.4. The van der Waals surface area contributed by atoms with Gasteiger partial charge in [0, 0.05) is 10.2 Å². The fraction of sp³-hybridized carbons (Fsp3) is 0.429. The topological polar surface area (TPSA) is 92.8 Å². The van der Waals surface area contributed by atoms with Crippen LogP contribution in [0.3, 0.4) is 0 Å². The smallest absolute Gasteiger partial charge is 0.326 e. The largest absolute Gasteiger partial charge is 0.454 e. The maximum atomic E-state index is 12.6. The highest BCUT2D eigenvalue weighted by atomic mass is 79.9. The summed E-state index contributed by atoms with van der Waals surface area (Å²) >= 11 is 3.39. The van der Waals surface area contributed by atoms with Crippen molar-refractivity contribution < 1.29 is 23.9 Å². The highest BCUT2D eigenvalue weighted by molar-refractivity contribution is 9.10. The summed E-state index contributed by atoms with van der Waals surface area (Å²) < 4.78 is 5.91. The number of fused-ring (bicyclic) bond motifs is 5. The Labute approximate surface area is 176 Å². The molecule has 1 aromatic carbocycles. The molecule has 8 heteroatoms. The standard InChI is InChI=1S/C21H21BrN2O5/c1-2-11-8-14(22)5-6-15(11)23-16(25)10-29-17(26)9-24-20(27)18-12-3-4-13(7-12)19(18)21(24)28/h3-6,8,12-13,18-19H,2,7,9-10H2,1H3,(H,23,25)/t12-,13-,18-,19-/m0/s1. The normalized spacial score (nSPS) is 26.8. The van der Waals surface area contributed by atoms with Gasteiger partial charge < -0.3 is 10.1 Å². The van der Waals surface area contributed by atoms with E-state index in [9.17, 15) is 19.2 Å². The SMILES string of the molecule is CCc1cc(Br)ccc1NC(=O)COC(=O)CN1C(=O)[C@@H]2[C@@H](C1=O)[C@H]1C=C[C@H]2C1. The molecule has 7 nitrogen and oxygen atoms in total. The number of benzene rings is 1. The first kappa shape index (κ1) is 19.8. The summed E-state index contributed by atoms with van der Waals surface area (Å²) in [6.45, 7) is 1.04. The van der Waals surface area contributed by atoms with Gasteiger partial charge in [-0.3, -0.25) is 24.1 Å². The van der Waals surface area contributed by atoms with Crippen LogP contribution in [0.5, 0.6) is 0 Å². The average Bonchev–Trinajstić information content (AvgIpc) is 3.38. The Morgan fingerprint density at radius 3 is 2.45 bits per heavy atom. The van der Waals surface area contributed by atoms with E-state index in [1.165, 1.54) is 0 Å². The number of aryl methyl sites for hydroxylation is 1. The Kier molecular flexibility index (Phi) is 5.29. The number of hydrogen-bond acceptors (Lipinski definition) is 5. The lowest BCUT2D eigenvalue weighted by Crippen LogP contribution is -2.38. The lowest BCUT2D eigenvalue weighted by Gasteiger charge is -2.16. The van der Waals surface area contributed by atoms with Gasteiger partial charge in [-0.15, -0.1) is 0 Å². The third kappa shape index (κ3) is 3.61. The molecule has 0 radical (unpaired) electrons. The number of nitrogens with one attached hydrogen (secondary N) is 1. The zero-order chi connectivity index (χ0) is 20.7. The second kappa shape index (κ2) is 7.74. The zero-order valence-corrected chi connectivity index (χ0v) is 17.5. The molecule has 0 aromatic heterocycles. The van der Waals surface area contributed by atoms with Crippen molar-refractivity contribution in [2.45, 2.75) is 19.8 Å². The van der Waals surface area contributed by atoms with Crippen LogP contribution in [0.2, 0.25) is 0 Å². The van der Waals surface area contributed by atoms with Crippen molar-refractivity contribution in [1.29, 1.82) is 0 Å². The fourth-order valence-electron chi connectivity index (χ4n) is 4.60. The van der Waals surface area contributed by atoms with Gasteiger partial charge in [0.15, 0.2) is 6.61 Å². The van der Waals surface area contributed by atoms with Crippen molar-refractivity contribution in [2.75, 3.05) is 18.5 Å². The van der Waals surface area contributed by atoms with E-state index >= 15 is 0 Å². The first-order valence-corrected chi connectivity index (χ1v) is 10.5. The van der Waals surface area contributed by atoms with Gasteiger partial charge in [-0.1, -0.05) is 35.0 Å². The van der Waals surface area contributed by atoms with Crippen molar-refractivity contribution in [1.82, 2.24) is 4.90 Å². The second-order valence-corrected chi connectivity index (χ2v) is 8.54. The molecule has 0 unspecified atom stereocenters. The van der Waals surface area contributed by atoms with Crippen molar-refractivity contribution >= 4 is 45.3 Å². The Balaban J connectivity index is 1.30. The van der Waals surface area contributed by atoms with E-state index in [0.717, 1.165) is 27.8 Å². The van der Waals surface area contributed by atoms with E-state index in [0.29, 0.717) is 5.69 Å². The third-order valence-electron chi connectivity index (χ3n) is 5.94. The van der Waals surface area contributed by atoms with Gasteiger partial charge in [-0.2, -0.15) is 0 Å². The molecule has 2 fully saturated rings. The highest BCUT2D eigenvalue weighted by Gasteiger charge is 2.59. The summed E-state index contributed by atoms with van der Waals surface area (Å²) in [6, 6.07) is 5.49. The van der Waals surface area contributed by atoms with Gasteiger partial charge in [0.05, 0.1) is 11.8 Å². The number of carbonyl (C=O) groups is 4. The number of anilines is 1. The van der Waals surface area contributed by atoms with Crippen LogP contribution in [0, 0.1) is 23.7 Å². The Morgan fingerprint density at radius 1 is 1.17 bits per heavy atom. The van der Waals surface area contributed by atoms with Gasteiger partial charge in [0.1, 0.15) is 6.54 Å². The van der Waals surface area contributed by atoms with E-state index in [1.54, 1.807) is 6.07 Å². The molecule has 0 spiro atoms. The van der Waals surface area contributed by atoms with E-state index in [2.05, 4.69) is 21.2 Å². The molecule has 1 saturated heterocycles. The van der Waals surface area contributed by atoms with Crippen LogP contribution < -0.4 is 5.32 Å². The molecule has 3 aliphatic rings. The molecule has 3 amide bonds. The number of likely N-dealkylation sites (tertiary alicyclic amines) is 1. The quantitative estimate of drug-likeness (QED) is 0.399. The summed E-state index contributed by atoms with van der Waals surface area (Å²) in [5, 5.41) is 2.71. The summed E-state index contributed by atoms with van der Waals surface area (Å²) in [5.74, 6) is -2.38. The van der Waals surface area contributed by atoms with Crippen LogP contribution in [0.25, 0.3) is 0 Å². The van der Waals surface area contributed by atoms with Crippen LogP contribution in [-0.2, 0) is 30.3 Å². The maximum Gasteiger partial charge on any atom is 0.326 e. The minimum absolute atomic E-state index is 0.0897. The number of amides is 3. The van der Waals surface area contributed by atoms with E-state index in [1.807, 2.05) is 31.2 Å². The predicted octanol–water partition coefficient (Wildman–Crippen LogP) is 2.30. The molecule has 1 saturated carbocycles. The minimum atomic E-state index is -0.770. The summed E-state index contributed by atoms with van der Waals surface area (Å²) in [5.41, 5.74) is 1.60. The molecule has 2 aliphatic carbocycles. The Morgan fingerprint density at radius 2 is 1.83 bits per heavy atom. The fourth-order valence-corrected chi connectivity index (χ4v) is 5.01. The van der Waals surface area contributed by atoms with Gasteiger partial charge in [0.25, 0.3) is 5.91 Å². The monoisotopic (exact) mass is 460 g/mol. The van der Waals surface area contributed by atoms with Crippen LogP contribution in [-0.4, -0.2) is 41.7 Å². The van der Waals surface area contributed by atoms with Crippen LogP contribution in [0.4, 0.5) is 5.69 Å². The van der Waals surface area contributed by atoms with Crippen LogP contribution in [0.1, 0.15) is 18.9 Å². The van der Waals surface area contributed by atoms with Gasteiger partial charge in [-0.05, 0) is 48.4 Å². The summed E-state index contributed by atoms with van der Waals surface area (Å²) in [6.07, 6.45) is 5.56. The number of imide groups is 1. The van der Waals surface area contributed by atoms with E-state index in [-0.39, 0.29) is 35.5 Å². The van der Waals surface area contributed by atoms with Crippen LogP contribution >= 0.6 is 15.9 Å². The Hall–Kier alpha value is -2.48. The van der Waals surface area contributed by atoms with E-state index < -0.39 is 25.0 Å². The number of hydrogen-bond donors (Lipinski definition) is 1. The number of nitrogens with zero attached hydrogens (tertiary/aromatic N) is 1. The van der Waals surface area contributed by atoms with Crippen LogP contribution in [0.15, 0.2) is 34.8 Å². The third-order valence-corrected chi connectivity index (χ3v) is 6.43. The molecular formula is C21H21BrN2O5. The molecule has 1 N–H and O–H groups in total. The first-order valence-electron chi connectivity index (χ1n) is 9.66. The van der Waals surface area contributed by atoms with Crippen molar-refractivity contribution in [3.05, 3.63) is 40.4 Å². The summed E-state index contributed by atoms with van der Waals surface area (Å²) in [7, 11) is 0. The molecule has 29 heavy (non-hydrogen) atoms. The first-order chi connectivity index (χ1) is 13.9. The van der Waals surface area contributed by atoms with Crippen molar-refractivity contribution in [2.24, 2.45) is 23.7 Å². The minimum Gasteiger partial charge on any atom is -0.454 e. The van der Waals surface area contributed by atoms with Gasteiger partial charge >= 0.3 is 5.97 Å². The van der Waals surface area contributed by atoms with Crippen molar-refractivity contribution in [3.8, 4) is 0 Å². The lowest BCUT2D eigenvalue weighted by atomic mass is 9.85. The second-order valence-electron chi connectivity index (χ2n) is 7.63. The molecular weight excluding hydrogens is 440 g/mol. The number of halogens is 1. The molecule has 1 heterocycles. The number of carbonyl (C=O) groups excluding carboxylic acids is 4. The molecule has 4 atom stereocenters. The molecule has 4 rings (SSSR count). The van der Waals surface area contributed by atoms with Crippen molar-refractivity contribution in [3.63, 3.8) is 0 Å². The predicted molar refractivity (Wildman–Crippen MR) is 108 cm³/mol. The highest BCUT2D eigenvalue weighted by Crippen LogP contribution is 2.52. The molecule has 1 aromatic rings. The maximum absolute atomic E-state index is 12.6. The molecule has 1 aliphatic heterocycles. The Bertz CT molecular complexity index is 898. The number of allylic oxidation sites excluding steroid dienone is 2. The molecule has 2 bridgehead atoms. The lowest BCUT2D eigenvalue weighted by molar-refractivity contribution is -0.154. The molecule has 152 valence electrons. The van der Waals surface area contributed by atoms with E-state index in [4.69, 9.17) is 4.74 Å². The zero-order valence-electron chi connectivity index (χ0n) is 15.9. The number of rotatable bonds is 6.